The molecule has 2 rings (SSSR count). The Kier molecular flexibility index (Phi) is 5.95. The average molecular weight is 277 g/mol. The van der Waals surface area contributed by atoms with Gasteiger partial charge in [-0.2, -0.15) is 0 Å². The van der Waals surface area contributed by atoms with Gasteiger partial charge >= 0.3 is 0 Å². The van der Waals surface area contributed by atoms with Crippen molar-refractivity contribution < 1.29 is 4.74 Å². The van der Waals surface area contributed by atoms with Crippen molar-refractivity contribution in [1.29, 1.82) is 0 Å². The van der Waals surface area contributed by atoms with Crippen molar-refractivity contribution in [3.05, 3.63) is 29.6 Å². The van der Waals surface area contributed by atoms with Crippen LogP contribution in [0.1, 0.15) is 31.7 Å². The first-order chi connectivity index (χ1) is 9.67. The first kappa shape index (κ1) is 15.4. The van der Waals surface area contributed by atoms with E-state index in [0.717, 1.165) is 50.5 Å². The zero-order valence-electron chi connectivity index (χ0n) is 12.9. The minimum atomic E-state index is 0.394. The van der Waals surface area contributed by atoms with Crippen LogP contribution in [0.5, 0.6) is 0 Å². The summed E-state index contributed by atoms with van der Waals surface area (Å²) in [6, 6.07) is 6.32. The number of methoxy groups -OCH3 is 1. The maximum absolute atomic E-state index is 5.41. The molecule has 0 bridgehead atoms. The summed E-state index contributed by atoms with van der Waals surface area (Å²) in [4.78, 5) is 7.16. The predicted molar refractivity (Wildman–Crippen MR) is 81.5 cm³/mol. The van der Waals surface area contributed by atoms with Crippen molar-refractivity contribution in [2.45, 2.75) is 39.5 Å². The number of aromatic nitrogens is 1. The second kappa shape index (κ2) is 7.72. The van der Waals surface area contributed by atoms with E-state index in [-0.39, 0.29) is 0 Å². The van der Waals surface area contributed by atoms with Crippen LogP contribution in [0.15, 0.2) is 18.2 Å². The molecule has 4 nitrogen and oxygen atoms in total. The van der Waals surface area contributed by atoms with Gasteiger partial charge in [-0.05, 0) is 31.0 Å². The Bertz CT molecular complexity index is 408. The van der Waals surface area contributed by atoms with E-state index in [1.54, 1.807) is 7.11 Å². The molecule has 1 aliphatic rings. The van der Waals surface area contributed by atoms with Gasteiger partial charge in [-0.25, -0.2) is 0 Å². The molecule has 1 aliphatic heterocycles. The topological polar surface area (TPSA) is 37.4 Å². The third kappa shape index (κ3) is 4.85. The highest BCUT2D eigenvalue weighted by Gasteiger charge is 2.22. The second-order valence-corrected chi connectivity index (χ2v) is 6.03. The van der Waals surface area contributed by atoms with Gasteiger partial charge in [0.1, 0.15) is 0 Å². The van der Waals surface area contributed by atoms with E-state index in [1.165, 1.54) is 0 Å². The Morgan fingerprint density at radius 3 is 2.90 bits per heavy atom. The SMILES string of the molecule is COC1CCN(Cc2cccc(CNCC(C)C)n2)C1. The van der Waals surface area contributed by atoms with E-state index in [0.29, 0.717) is 12.0 Å². The Morgan fingerprint density at radius 2 is 2.20 bits per heavy atom. The lowest BCUT2D eigenvalue weighted by Crippen LogP contribution is -2.23. The van der Waals surface area contributed by atoms with Gasteiger partial charge in [0.2, 0.25) is 0 Å². The number of hydrogen-bond acceptors (Lipinski definition) is 4. The average Bonchev–Trinajstić information content (AvgIpc) is 2.86. The summed E-state index contributed by atoms with van der Waals surface area (Å²) < 4.78 is 5.41. The Morgan fingerprint density at radius 1 is 1.40 bits per heavy atom. The minimum absolute atomic E-state index is 0.394. The van der Waals surface area contributed by atoms with Crippen molar-refractivity contribution in [2.75, 3.05) is 26.7 Å². The summed E-state index contributed by atoms with van der Waals surface area (Å²) >= 11 is 0. The molecule has 1 N–H and O–H groups in total. The molecule has 0 spiro atoms. The van der Waals surface area contributed by atoms with Gasteiger partial charge in [-0.15, -0.1) is 0 Å². The molecule has 1 saturated heterocycles. The molecule has 1 atom stereocenters. The smallest absolute Gasteiger partial charge is 0.0710 e. The summed E-state index contributed by atoms with van der Waals surface area (Å²) in [6.07, 6.45) is 1.53. The maximum Gasteiger partial charge on any atom is 0.0710 e. The van der Waals surface area contributed by atoms with Crippen molar-refractivity contribution >= 4 is 0 Å². The van der Waals surface area contributed by atoms with Crippen molar-refractivity contribution in [3.8, 4) is 0 Å². The lowest BCUT2D eigenvalue weighted by atomic mass is 10.2. The Balaban J connectivity index is 1.83. The van der Waals surface area contributed by atoms with Gasteiger partial charge in [0.15, 0.2) is 0 Å². The number of pyridine rings is 1. The molecule has 2 heterocycles. The molecule has 4 heteroatoms. The fourth-order valence-electron chi connectivity index (χ4n) is 2.57. The molecule has 0 aromatic carbocycles. The first-order valence-electron chi connectivity index (χ1n) is 7.58. The number of rotatable bonds is 7. The summed E-state index contributed by atoms with van der Waals surface area (Å²) in [5, 5.41) is 3.44. The van der Waals surface area contributed by atoms with Crippen molar-refractivity contribution in [2.24, 2.45) is 5.92 Å². The normalized spacial score (nSPS) is 19.9. The van der Waals surface area contributed by atoms with Crippen LogP contribution in [0.3, 0.4) is 0 Å². The molecule has 0 aliphatic carbocycles. The molecule has 20 heavy (non-hydrogen) atoms. The van der Waals surface area contributed by atoms with Crippen LogP contribution >= 0.6 is 0 Å². The molecule has 1 aromatic rings. The molecule has 112 valence electrons. The Labute approximate surface area is 122 Å². The van der Waals surface area contributed by atoms with Crippen molar-refractivity contribution in [1.82, 2.24) is 15.2 Å². The lowest BCUT2D eigenvalue weighted by Gasteiger charge is -2.15. The highest BCUT2D eigenvalue weighted by Crippen LogP contribution is 2.14. The molecule has 1 aromatic heterocycles. The van der Waals surface area contributed by atoms with Crippen LogP contribution in [0.2, 0.25) is 0 Å². The summed E-state index contributed by atoms with van der Waals surface area (Å²) in [6.45, 7) is 9.38. The predicted octanol–water partition coefficient (Wildman–Crippen LogP) is 2.05. The number of ether oxygens (including phenoxy) is 1. The molecular weight excluding hydrogens is 250 g/mol. The van der Waals surface area contributed by atoms with Crippen LogP contribution in [0.4, 0.5) is 0 Å². The molecule has 0 radical (unpaired) electrons. The molecule has 0 saturated carbocycles. The second-order valence-electron chi connectivity index (χ2n) is 6.03. The third-order valence-corrected chi connectivity index (χ3v) is 3.67. The summed E-state index contributed by atoms with van der Waals surface area (Å²) in [5.74, 6) is 0.675. The van der Waals surface area contributed by atoms with E-state index >= 15 is 0 Å². The van der Waals surface area contributed by atoms with Gasteiger partial charge < -0.3 is 10.1 Å². The fourth-order valence-corrected chi connectivity index (χ4v) is 2.57. The first-order valence-corrected chi connectivity index (χ1v) is 7.58. The maximum atomic E-state index is 5.41. The van der Waals surface area contributed by atoms with E-state index < -0.39 is 0 Å². The zero-order chi connectivity index (χ0) is 14.4. The Hall–Kier alpha value is -0.970. The van der Waals surface area contributed by atoms with E-state index in [9.17, 15) is 0 Å². The lowest BCUT2D eigenvalue weighted by molar-refractivity contribution is 0.107. The quantitative estimate of drug-likeness (QED) is 0.828. The van der Waals surface area contributed by atoms with E-state index in [1.807, 2.05) is 0 Å². The van der Waals surface area contributed by atoms with Gasteiger partial charge in [0.25, 0.3) is 0 Å². The third-order valence-electron chi connectivity index (χ3n) is 3.67. The van der Waals surface area contributed by atoms with Gasteiger partial charge in [-0.3, -0.25) is 9.88 Å². The van der Waals surface area contributed by atoms with Crippen molar-refractivity contribution in [3.63, 3.8) is 0 Å². The zero-order valence-corrected chi connectivity index (χ0v) is 12.9. The highest BCUT2D eigenvalue weighted by atomic mass is 16.5. The standard InChI is InChI=1S/C16H27N3O/c1-13(2)9-17-10-14-5-4-6-15(18-14)11-19-8-7-16(12-19)20-3/h4-6,13,16-17H,7-12H2,1-3H3. The van der Waals surface area contributed by atoms with Crippen LogP contribution in [0, 0.1) is 5.92 Å². The van der Waals surface area contributed by atoms with E-state index in [2.05, 4.69) is 42.3 Å². The summed E-state index contributed by atoms with van der Waals surface area (Å²) in [7, 11) is 1.80. The van der Waals surface area contributed by atoms with Gasteiger partial charge in [-0.1, -0.05) is 19.9 Å². The number of nitrogens with one attached hydrogen (secondary N) is 1. The number of nitrogens with zero attached hydrogens (tertiary/aromatic N) is 2. The largest absolute Gasteiger partial charge is 0.380 e. The number of hydrogen-bond donors (Lipinski definition) is 1. The summed E-state index contributed by atoms with van der Waals surface area (Å²) in [5.41, 5.74) is 2.29. The number of likely N-dealkylation sites (tertiary alicyclic amines) is 1. The molecular formula is C16H27N3O. The molecule has 1 fully saturated rings. The minimum Gasteiger partial charge on any atom is -0.380 e. The van der Waals surface area contributed by atoms with Gasteiger partial charge in [0.05, 0.1) is 17.5 Å². The van der Waals surface area contributed by atoms with Crippen LogP contribution in [-0.4, -0.2) is 42.7 Å². The molecule has 1 unspecified atom stereocenters. The van der Waals surface area contributed by atoms with E-state index in [4.69, 9.17) is 9.72 Å². The highest BCUT2D eigenvalue weighted by molar-refractivity contribution is 5.11. The van der Waals surface area contributed by atoms with Crippen LogP contribution in [-0.2, 0) is 17.8 Å². The van der Waals surface area contributed by atoms with Crippen LogP contribution in [0.25, 0.3) is 0 Å². The fraction of sp³-hybridized carbons (Fsp3) is 0.688. The monoisotopic (exact) mass is 277 g/mol. The van der Waals surface area contributed by atoms with Crippen LogP contribution < -0.4 is 5.32 Å². The van der Waals surface area contributed by atoms with Gasteiger partial charge in [0, 0.05) is 33.3 Å². The molecule has 0 amide bonds.